The topological polar surface area (TPSA) is 79.5 Å². The minimum Gasteiger partial charge on any atom is -0.343 e. The summed E-state index contributed by atoms with van der Waals surface area (Å²) < 4.78 is 4.69. The second-order valence-corrected chi connectivity index (χ2v) is 8.09. The van der Waals surface area contributed by atoms with Gasteiger partial charge in [0.1, 0.15) is 11.4 Å². The first-order chi connectivity index (χ1) is 13.6. The highest BCUT2D eigenvalue weighted by atomic mass is 16.6. The summed E-state index contributed by atoms with van der Waals surface area (Å²) in [7, 11) is 0. The van der Waals surface area contributed by atoms with Crippen LogP contribution in [0.5, 0.6) is 0 Å². The third-order valence-electron chi connectivity index (χ3n) is 6.31. The lowest BCUT2D eigenvalue weighted by atomic mass is 9.80. The van der Waals surface area contributed by atoms with Crippen molar-refractivity contribution in [2.75, 3.05) is 26.2 Å². The molecule has 2 saturated heterocycles. The SMILES string of the molecule is C=CCCC(=O)N1CCCC(C2CCN(C(=O)Cc3nonc3C)CC2)CC1. The molecule has 154 valence electrons. The first-order valence-corrected chi connectivity index (χ1v) is 10.5. The number of likely N-dealkylation sites (tertiary alicyclic amines) is 2. The molecule has 2 amide bonds. The van der Waals surface area contributed by atoms with Crippen molar-refractivity contribution in [1.82, 2.24) is 20.1 Å². The number of hydrogen-bond acceptors (Lipinski definition) is 5. The summed E-state index contributed by atoms with van der Waals surface area (Å²) in [5, 5.41) is 7.56. The van der Waals surface area contributed by atoms with Gasteiger partial charge in [-0.1, -0.05) is 16.4 Å². The van der Waals surface area contributed by atoms with E-state index in [1.807, 2.05) is 22.8 Å². The Balaban J connectivity index is 1.44. The third-order valence-corrected chi connectivity index (χ3v) is 6.31. The standard InChI is InChI=1S/C21H32N4O3/c1-3-4-7-20(26)24-11-5-6-17(8-12-24)18-9-13-25(14-10-18)21(27)15-19-16(2)22-28-23-19/h3,17-18H,1,4-15H2,2H3. The molecule has 0 aromatic carbocycles. The molecule has 0 saturated carbocycles. The lowest BCUT2D eigenvalue weighted by molar-refractivity contribution is -0.133. The number of carbonyl (C=O) groups is 2. The number of amides is 2. The van der Waals surface area contributed by atoms with Crippen LogP contribution in [0.2, 0.25) is 0 Å². The van der Waals surface area contributed by atoms with Crippen LogP contribution in [0.4, 0.5) is 0 Å². The van der Waals surface area contributed by atoms with Gasteiger partial charge in [0.05, 0.1) is 6.42 Å². The molecule has 1 aromatic heterocycles. The number of allylic oxidation sites excluding steroid dienone is 1. The van der Waals surface area contributed by atoms with Gasteiger partial charge in [-0.3, -0.25) is 9.59 Å². The summed E-state index contributed by atoms with van der Waals surface area (Å²) in [6, 6.07) is 0. The molecular formula is C21H32N4O3. The highest BCUT2D eigenvalue weighted by molar-refractivity contribution is 5.78. The van der Waals surface area contributed by atoms with Crippen LogP contribution in [0.15, 0.2) is 17.3 Å². The molecule has 0 N–H and O–H groups in total. The highest BCUT2D eigenvalue weighted by Gasteiger charge is 2.30. The summed E-state index contributed by atoms with van der Waals surface area (Å²) in [6.07, 6.45) is 8.88. The molecule has 0 aliphatic carbocycles. The number of aryl methyl sites for hydroxylation is 1. The van der Waals surface area contributed by atoms with Crippen molar-refractivity contribution in [3.8, 4) is 0 Å². The van der Waals surface area contributed by atoms with Gasteiger partial charge < -0.3 is 9.80 Å². The van der Waals surface area contributed by atoms with E-state index in [4.69, 9.17) is 0 Å². The van der Waals surface area contributed by atoms with Gasteiger partial charge in [0.25, 0.3) is 0 Å². The van der Waals surface area contributed by atoms with Crippen molar-refractivity contribution in [3.05, 3.63) is 24.0 Å². The molecule has 0 radical (unpaired) electrons. The normalized spacial score (nSPS) is 21.4. The zero-order chi connectivity index (χ0) is 19.9. The van der Waals surface area contributed by atoms with Gasteiger partial charge in [-0.05, 0) is 57.3 Å². The van der Waals surface area contributed by atoms with Crippen molar-refractivity contribution < 1.29 is 14.2 Å². The van der Waals surface area contributed by atoms with Crippen molar-refractivity contribution in [2.45, 2.75) is 58.3 Å². The molecule has 2 aliphatic heterocycles. The smallest absolute Gasteiger partial charge is 0.228 e. The number of hydrogen-bond donors (Lipinski definition) is 0. The van der Waals surface area contributed by atoms with E-state index in [1.54, 1.807) is 0 Å². The van der Waals surface area contributed by atoms with E-state index in [9.17, 15) is 9.59 Å². The molecule has 0 bridgehead atoms. The average Bonchev–Trinajstić information content (AvgIpc) is 2.96. The van der Waals surface area contributed by atoms with E-state index in [2.05, 4.69) is 21.5 Å². The Morgan fingerprint density at radius 1 is 1.04 bits per heavy atom. The zero-order valence-corrected chi connectivity index (χ0v) is 16.9. The van der Waals surface area contributed by atoms with Crippen LogP contribution in [0.1, 0.15) is 56.3 Å². The average molecular weight is 389 g/mol. The summed E-state index contributed by atoms with van der Waals surface area (Å²) in [5.41, 5.74) is 1.32. The third kappa shape index (κ3) is 5.20. The molecule has 2 fully saturated rings. The summed E-state index contributed by atoms with van der Waals surface area (Å²) >= 11 is 0. The van der Waals surface area contributed by atoms with Gasteiger partial charge in [0.15, 0.2) is 0 Å². The zero-order valence-electron chi connectivity index (χ0n) is 16.9. The minimum absolute atomic E-state index is 0.108. The Morgan fingerprint density at radius 2 is 1.68 bits per heavy atom. The van der Waals surface area contributed by atoms with E-state index >= 15 is 0 Å². The molecule has 2 aliphatic rings. The molecule has 3 rings (SSSR count). The van der Waals surface area contributed by atoms with Crippen molar-refractivity contribution >= 4 is 11.8 Å². The lowest BCUT2D eigenvalue weighted by Gasteiger charge is -2.36. The number of aromatic nitrogens is 2. The second kappa shape index (κ2) is 9.85. The number of piperidine rings is 1. The van der Waals surface area contributed by atoms with E-state index in [0.717, 1.165) is 58.3 Å². The molecule has 1 atom stereocenters. The lowest BCUT2D eigenvalue weighted by Crippen LogP contribution is -2.41. The van der Waals surface area contributed by atoms with Crippen LogP contribution < -0.4 is 0 Å². The monoisotopic (exact) mass is 388 g/mol. The van der Waals surface area contributed by atoms with Crippen LogP contribution in [0.25, 0.3) is 0 Å². The maximum atomic E-state index is 12.5. The predicted octanol–water partition coefficient (Wildman–Crippen LogP) is 2.75. The fraction of sp³-hybridized carbons (Fsp3) is 0.714. The van der Waals surface area contributed by atoms with E-state index < -0.39 is 0 Å². The molecular weight excluding hydrogens is 356 g/mol. The first kappa shape index (κ1) is 20.6. The maximum absolute atomic E-state index is 12.5. The first-order valence-electron chi connectivity index (χ1n) is 10.5. The van der Waals surface area contributed by atoms with E-state index in [-0.39, 0.29) is 18.2 Å². The molecule has 7 heteroatoms. The molecule has 7 nitrogen and oxygen atoms in total. The fourth-order valence-corrected chi connectivity index (χ4v) is 4.51. The van der Waals surface area contributed by atoms with Gasteiger partial charge in [0, 0.05) is 32.6 Å². The highest BCUT2D eigenvalue weighted by Crippen LogP contribution is 2.33. The Kier molecular flexibility index (Phi) is 7.23. The second-order valence-electron chi connectivity index (χ2n) is 8.09. The molecule has 0 spiro atoms. The minimum atomic E-state index is 0.108. The van der Waals surface area contributed by atoms with Crippen LogP contribution >= 0.6 is 0 Å². The van der Waals surface area contributed by atoms with Gasteiger partial charge in [-0.25, -0.2) is 4.63 Å². The Hall–Kier alpha value is -2.18. The number of nitrogens with zero attached hydrogens (tertiary/aromatic N) is 4. The van der Waals surface area contributed by atoms with E-state index in [0.29, 0.717) is 29.6 Å². The van der Waals surface area contributed by atoms with Gasteiger partial charge >= 0.3 is 0 Å². The summed E-state index contributed by atoms with van der Waals surface area (Å²) in [6.45, 7) is 8.89. The van der Waals surface area contributed by atoms with Crippen LogP contribution in [-0.2, 0) is 16.0 Å². The fourth-order valence-electron chi connectivity index (χ4n) is 4.51. The Bertz CT molecular complexity index is 679. The Morgan fingerprint density at radius 3 is 2.29 bits per heavy atom. The van der Waals surface area contributed by atoms with Crippen LogP contribution in [0, 0.1) is 18.8 Å². The summed E-state index contributed by atoms with van der Waals surface area (Å²) in [4.78, 5) is 28.8. The molecule has 1 unspecified atom stereocenters. The van der Waals surface area contributed by atoms with Crippen LogP contribution in [0.3, 0.4) is 0 Å². The molecule has 1 aromatic rings. The number of carbonyl (C=O) groups excluding carboxylic acids is 2. The molecule has 3 heterocycles. The quantitative estimate of drug-likeness (QED) is 0.700. The van der Waals surface area contributed by atoms with Crippen LogP contribution in [-0.4, -0.2) is 58.1 Å². The van der Waals surface area contributed by atoms with Gasteiger partial charge in [-0.15, -0.1) is 6.58 Å². The van der Waals surface area contributed by atoms with Crippen molar-refractivity contribution in [1.29, 1.82) is 0 Å². The van der Waals surface area contributed by atoms with E-state index in [1.165, 1.54) is 6.42 Å². The van der Waals surface area contributed by atoms with Gasteiger partial charge in [-0.2, -0.15) is 0 Å². The number of rotatable bonds is 6. The maximum Gasteiger partial charge on any atom is 0.228 e. The summed E-state index contributed by atoms with van der Waals surface area (Å²) in [5.74, 6) is 1.69. The Labute approximate surface area is 167 Å². The molecule has 28 heavy (non-hydrogen) atoms. The van der Waals surface area contributed by atoms with Gasteiger partial charge in [0.2, 0.25) is 11.8 Å². The van der Waals surface area contributed by atoms with Crippen molar-refractivity contribution in [3.63, 3.8) is 0 Å². The van der Waals surface area contributed by atoms with Crippen molar-refractivity contribution in [2.24, 2.45) is 11.8 Å². The predicted molar refractivity (Wildman–Crippen MR) is 105 cm³/mol. The largest absolute Gasteiger partial charge is 0.343 e.